The third kappa shape index (κ3) is 2.72. The second kappa shape index (κ2) is 5.71. The van der Waals surface area contributed by atoms with E-state index in [0.29, 0.717) is 6.61 Å². The third-order valence-corrected chi connectivity index (χ3v) is 4.06. The molecule has 2 aromatic heterocycles. The lowest BCUT2D eigenvalue weighted by Crippen LogP contribution is -2.31. The molecule has 0 bridgehead atoms. The summed E-state index contributed by atoms with van der Waals surface area (Å²) in [6.45, 7) is 7.86. The third-order valence-electron chi connectivity index (χ3n) is 3.18. The summed E-state index contributed by atoms with van der Waals surface area (Å²) < 4.78 is 5.12. The van der Waals surface area contributed by atoms with Crippen molar-refractivity contribution >= 4 is 17.3 Å². The van der Waals surface area contributed by atoms with Gasteiger partial charge in [0.2, 0.25) is 0 Å². The molecule has 0 saturated heterocycles. The molecule has 0 saturated carbocycles. The van der Waals surface area contributed by atoms with E-state index in [0.717, 1.165) is 21.8 Å². The summed E-state index contributed by atoms with van der Waals surface area (Å²) in [6.07, 6.45) is 3.56. The molecule has 0 aliphatic carbocycles. The monoisotopic (exact) mass is 290 g/mol. The minimum atomic E-state index is -0.730. The Morgan fingerprint density at radius 3 is 2.85 bits per heavy atom. The van der Waals surface area contributed by atoms with Gasteiger partial charge < -0.3 is 4.74 Å². The minimum absolute atomic E-state index is 0.247. The first-order valence-electron chi connectivity index (χ1n) is 6.51. The number of esters is 1. The molecule has 2 aromatic rings. The highest BCUT2D eigenvalue weighted by Crippen LogP contribution is 2.32. The van der Waals surface area contributed by atoms with Gasteiger partial charge in [0.25, 0.3) is 0 Å². The average Bonchev–Trinajstić information content (AvgIpc) is 2.89. The Labute approximate surface area is 122 Å². The molecule has 106 valence electrons. The Morgan fingerprint density at radius 2 is 2.20 bits per heavy atom. The van der Waals surface area contributed by atoms with Crippen LogP contribution >= 0.6 is 11.3 Å². The van der Waals surface area contributed by atoms with Crippen LogP contribution in [-0.2, 0) is 14.9 Å². The number of hydrogen-bond donors (Lipinski definition) is 0. The number of carbonyl (C=O) groups is 1. The Hall–Kier alpha value is -1.75. The van der Waals surface area contributed by atoms with Crippen molar-refractivity contribution in [3.63, 3.8) is 0 Å². The van der Waals surface area contributed by atoms with E-state index in [2.05, 4.69) is 9.97 Å². The topological polar surface area (TPSA) is 52.1 Å². The lowest BCUT2D eigenvalue weighted by molar-refractivity contribution is -0.148. The van der Waals surface area contributed by atoms with Crippen LogP contribution in [0.25, 0.3) is 10.6 Å². The quantitative estimate of drug-likeness (QED) is 0.810. The summed E-state index contributed by atoms with van der Waals surface area (Å²) in [6, 6.07) is 1.94. The van der Waals surface area contributed by atoms with Crippen LogP contribution in [-0.4, -0.2) is 22.5 Å². The molecule has 0 amide bonds. The van der Waals surface area contributed by atoms with Gasteiger partial charge in [-0.05, 0) is 39.3 Å². The van der Waals surface area contributed by atoms with E-state index in [-0.39, 0.29) is 5.97 Å². The van der Waals surface area contributed by atoms with Crippen molar-refractivity contribution < 1.29 is 9.53 Å². The van der Waals surface area contributed by atoms with Crippen LogP contribution < -0.4 is 0 Å². The van der Waals surface area contributed by atoms with E-state index >= 15 is 0 Å². The molecule has 2 heterocycles. The minimum Gasteiger partial charge on any atom is -0.465 e. The van der Waals surface area contributed by atoms with Crippen LogP contribution in [0.4, 0.5) is 0 Å². The lowest BCUT2D eigenvalue weighted by Gasteiger charge is -2.19. The zero-order valence-electron chi connectivity index (χ0n) is 12.1. The van der Waals surface area contributed by atoms with Gasteiger partial charge in [-0.2, -0.15) is 0 Å². The summed E-state index contributed by atoms with van der Waals surface area (Å²) in [5, 5.41) is 2.82. The zero-order chi connectivity index (χ0) is 14.8. The molecule has 0 aliphatic rings. The van der Waals surface area contributed by atoms with E-state index in [1.165, 1.54) is 11.3 Å². The number of pyridine rings is 1. The number of carbonyl (C=O) groups excluding carboxylic acids is 1. The largest absolute Gasteiger partial charge is 0.465 e. The Morgan fingerprint density at radius 1 is 1.45 bits per heavy atom. The van der Waals surface area contributed by atoms with Gasteiger partial charge >= 0.3 is 5.97 Å². The molecule has 2 rings (SSSR count). The van der Waals surface area contributed by atoms with Gasteiger partial charge in [0, 0.05) is 23.3 Å². The van der Waals surface area contributed by atoms with Crippen LogP contribution in [0.2, 0.25) is 0 Å². The fourth-order valence-corrected chi connectivity index (χ4v) is 2.89. The van der Waals surface area contributed by atoms with E-state index in [4.69, 9.17) is 4.74 Å². The van der Waals surface area contributed by atoms with E-state index in [9.17, 15) is 4.79 Å². The van der Waals surface area contributed by atoms with Crippen LogP contribution in [0.3, 0.4) is 0 Å². The maximum atomic E-state index is 12.0. The first-order chi connectivity index (χ1) is 9.46. The van der Waals surface area contributed by atoms with E-state index in [1.54, 1.807) is 13.1 Å². The van der Waals surface area contributed by atoms with Crippen molar-refractivity contribution in [2.45, 2.75) is 33.1 Å². The summed E-state index contributed by atoms with van der Waals surface area (Å²) >= 11 is 1.53. The van der Waals surface area contributed by atoms with Gasteiger partial charge in [-0.1, -0.05) is 0 Å². The molecule has 20 heavy (non-hydrogen) atoms. The summed E-state index contributed by atoms with van der Waals surface area (Å²) in [7, 11) is 0. The standard InChI is InChI=1S/C15H18N2O2S/c1-5-19-14(18)15(3,4)12-9-20-13(17-12)11-6-7-16-8-10(11)2/h6-9H,5H2,1-4H3. The van der Waals surface area contributed by atoms with E-state index in [1.807, 2.05) is 38.4 Å². The maximum absolute atomic E-state index is 12.0. The van der Waals surface area contributed by atoms with E-state index < -0.39 is 5.41 Å². The predicted molar refractivity (Wildman–Crippen MR) is 79.7 cm³/mol. The number of thiazole rings is 1. The number of nitrogens with zero attached hydrogens (tertiary/aromatic N) is 2. The molecule has 0 radical (unpaired) electrons. The van der Waals surface area contributed by atoms with Crippen molar-refractivity contribution in [2.75, 3.05) is 6.61 Å². The van der Waals surface area contributed by atoms with Crippen LogP contribution in [0.15, 0.2) is 23.8 Å². The summed E-state index contributed by atoms with van der Waals surface area (Å²) in [4.78, 5) is 20.7. The van der Waals surface area contributed by atoms with Crippen LogP contribution in [0.1, 0.15) is 32.0 Å². The molecule has 0 spiro atoms. The van der Waals surface area contributed by atoms with Crippen molar-refractivity contribution in [3.05, 3.63) is 35.1 Å². The maximum Gasteiger partial charge on any atom is 0.317 e. The number of aryl methyl sites for hydroxylation is 1. The molecular formula is C15H18N2O2S. The zero-order valence-corrected chi connectivity index (χ0v) is 13.0. The highest BCUT2D eigenvalue weighted by atomic mass is 32.1. The predicted octanol–water partition coefficient (Wildman–Crippen LogP) is 3.35. The first kappa shape index (κ1) is 14.7. The SMILES string of the molecule is CCOC(=O)C(C)(C)c1csc(-c2ccncc2C)n1. The Kier molecular flexibility index (Phi) is 4.18. The lowest BCUT2D eigenvalue weighted by atomic mass is 9.90. The van der Waals surface area contributed by atoms with Gasteiger partial charge in [0.15, 0.2) is 0 Å². The Bertz CT molecular complexity index is 620. The van der Waals surface area contributed by atoms with Gasteiger partial charge in [-0.15, -0.1) is 11.3 Å². The summed E-state index contributed by atoms with van der Waals surface area (Å²) in [5.74, 6) is -0.247. The molecule has 0 N–H and O–H groups in total. The van der Waals surface area contributed by atoms with Gasteiger partial charge in [-0.3, -0.25) is 9.78 Å². The van der Waals surface area contributed by atoms with Gasteiger partial charge in [-0.25, -0.2) is 4.98 Å². The number of ether oxygens (including phenoxy) is 1. The highest BCUT2D eigenvalue weighted by molar-refractivity contribution is 7.13. The van der Waals surface area contributed by atoms with Crippen LogP contribution in [0, 0.1) is 6.92 Å². The van der Waals surface area contributed by atoms with Crippen molar-refractivity contribution in [3.8, 4) is 10.6 Å². The number of aromatic nitrogens is 2. The smallest absolute Gasteiger partial charge is 0.317 e. The highest BCUT2D eigenvalue weighted by Gasteiger charge is 2.34. The van der Waals surface area contributed by atoms with Gasteiger partial charge in [0.05, 0.1) is 12.3 Å². The van der Waals surface area contributed by atoms with Crippen molar-refractivity contribution in [2.24, 2.45) is 0 Å². The van der Waals surface area contributed by atoms with Gasteiger partial charge in [0.1, 0.15) is 10.4 Å². The number of rotatable bonds is 4. The summed E-state index contributed by atoms with van der Waals surface area (Å²) in [5.41, 5.74) is 2.14. The first-order valence-corrected chi connectivity index (χ1v) is 7.39. The Balaban J connectivity index is 2.34. The second-order valence-electron chi connectivity index (χ2n) is 5.07. The molecule has 4 nitrogen and oxygen atoms in total. The molecular weight excluding hydrogens is 272 g/mol. The molecule has 0 fully saturated rings. The fourth-order valence-electron chi connectivity index (χ4n) is 1.81. The molecule has 0 aliphatic heterocycles. The fraction of sp³-hybridized carbons (Fsp3) is 0.400. The van der Waals surface area contributed by atoms with Crippen molar-refractivity contribution in [1.82, 2.24) is 9.97 Å². The normalized spacial score (nSPS) is 11.4. The van der Waals surface area contributed by atoms with Crippen LogP contribution in [0.5, 0.6) is 0 Å². The molecule has 0 atom stereocenters. The van der Waals surface area contributed by atoms with Crippen molar-refractivity contribution in [1.29, 1.82) is 0 Å². The molecule has 5 heteroatoms. The second-order valence-corrected chi connectivity index (χ2v) is 5.93. The number of hydrogen-bond acceptors (Lipinski definition) is 5. The molecule has 0 unspecified atom stereocenters. The molecule has 0 aromatic carbocycles. The average molecular weight is 290 g/mol.